The maximum Gasteiger partial charge on any atom is 0.298 e. The molecule has 0 aliphatic rings. The lowest BCUT2D eigenvalue weighted by Gasteiger charge is -2.13. The first-order valence-corrected chi connectivity index (χ1v) is 11.3. The number of phenols is 1. The highest BCUT2D eigenvalue weighted by atomic mass is 16.5. The van der Waals surface area contributed by atoms with E-state index in [2.05, 4.69) is 9.97 Å². The molecule has 0 aliphatic carbocycles. The average Bonchev–Trinajstić information content (AvgIpc) is 2.92. The minimum atomic E-state index is 0.128. The van der Waals surface area contributed by atoms with Gasteiger partial charge in [-0.3, -0.25) is 4.79 Å². The fourth-order valence-electron chi connectivity index (χ4n) is 4.04. The highest BCUT2D eigenvalue weighted by Gasteiger charge is 2.14. The van der Waals surface area contributed by atoms with Crippen LogP contribution >= 0.6 is 0 Å². The number of nitrogens with two attached hydrogens (primary N) is 2. The molecule has 188 valence electrons. The Labute approximate surface area is 213 Å². The molecular formula is C28H26N4O5. The average molecular weight is 499 g/mol. The zero-order valence-electron chi connectivity index (χ0n) is 20.3. The molecule has 5 aromatic rings. The Morgan fingerprint density at radius 1 is 0.865 bits per heavy atom. The molecule has 0 saturated carbocycles. The van der Waals surface area contributed by atoms with E-state index in [0.29, 0.717) is 36.0 Å². The molecule has 0 bridgehead atoms. The number of benzene rings is 4. The van der Waals surface area contributed by atoms with Crippen LogP contribution < -0.4 is 25.7 Å². The fraction of sp³-hybridized carbons (Fsp3) is 0.107. The van der Waals surface area contributed by atoms with Crippen molar-refractivity contribution in [3.8, 4) is 23.0 Å². The van der Waals surface area contributed by atoms with E-state index in [1.165, 1.54) is 7.11 Å². The van der Waals surface area contributed by atoms with Crippen LogP contribution in [-0.4, -0.2) is 35.8 Å². The van der Waals surface area contributed by atoms with Gasteiger partial charge >= 0.3 is 0 Å². The van der Waals surface area contributed by atoms with Crippen molar-refractivity contribution in [1.82, 2.24) is 9.97 Å². The van der Waals surface area contributed by atoms with Gasteiger partial charge < -0.3 is 30.8 Å². The number of nitrogen functional groups attached to an aromatic ring is 2. The molecule has 0 atom stereocenters. The van der Waals surface area contributed by atoms with Crippen molar-refractivity contribution in [1.29, 1.82) is 0 Å². The number of hydrogen-bond donors (Lipinski definition) is 3. The van der Waals surface area contributed by atoms with Crippen molar-refractivity contribution in [2.24, 2.45) is 0 Å². The van der Waals surface area contributed by atoms with Crippen LogP contribution in [0.3, 0.4) is 0 Å². The van der Waals surface area contributed by atoms with Crippen LogP contribution in [0.4, 0.5) is 11.8 Å². The molecule has 5 rings (SSSR count). The normalized spacial score (nSPS) is 10.4. The Kier molecular flexibility index (Phi) is 7.53. The molecule has 4 aromatic carbocycles. The zero-order valence-corrected chi connectivity index (χ0v) is 20.3. The minimum absolute atomic E-state index is 0.128. The van der Waals surface area contributed by atoms with Gasteiger partial charge in [-0.05, 0) is 28.5 Å². The monoisotopic (exact) mass is 498 g/mol. The Balaban J connectivity index is 0.000000186. The maximum absolute atomic E-state index is 10.4. The number of aromatic hydroxyl groups is 1. The Hall–Kier alpha value is -5.05. The highest BCUT2D eigenvalue weighted by molar-refractivity contribution is 5.93. The summed E-state index contributed by atoms with van der Waals surface area (Å²) in [6.07, 6.45) is 2.13. The van der Waals surface area contributed by atoms with Crippen molar-refractivity contribution in [3.63, 3.8) is 0 Å². The number of methoxy groups -OCH3 is 2. The highest BCUT2D eigenvalue weighted by Crippen LogP contribution is 2.38. The predicted molar refractivity (Wildman–Crippen MR) is 143 cm³/mol. The summed E-state index contributed by atoms with van der Waals surface area (Å²) in [6, 6.07) is 20.7. The van der Waals surface area contributed by atoms with Crippen molar-refractivity contribution in [2.75, 3.05) is 25.7 Å². The first-order chi connectivity index (χ1) is 18.0. The number of anilines is 2. The third kappa shape index (κ3) is 5.30. The summed E-state index contributed by atoms with van der Waals surface area (Å²) in [4.78, 5) is 18.4. The lowest BCUT2D eigenvalue weighted by Crippen LogP contribution is -2.04. The molecule has 0 fully saturated rings. The predicted octanol–water partition coefficient (Wildman–Crippen LogP) is 4.48. The molecule has 1 aromatic heterocycles. The number of hydrogen-bond acceptors (Lipinski definition) is 9. The summed E-state index contributed by atoms with van der Waals surface area (Å²) >= 11 is 0. The second-order valence-corrected chi connectivity index (χ2v) is 7.98. The van der Waals surface area contributed by atoms with E-state index >= 15 is 0 Å². The third-order valence-electron chi connectivity index (χ3n) is 5.81. The lowest BCUT2D eigenvalue weighted by molar-refractivity contribution is -0.120. The maximum atomic E-state index is 10.4. The summed E-state index contributed by atoms with van der Waals surface area (Å²) in [5.74, 6) is 2.07. The number of rotatable bonds is 6. The zero-order chi connectivity index (χ0) is 26.4. The fourth-order valence-corrected chi connectivity index (χ4v) is 4.04. The molecule has 9 nitrogen and oxygen atoms in total. The van der Waals surface area contributed by atoms with Gasteiger partial charge in [0.15, 0.2) is 23.0 Å². The van der Waals surface area contributed by atoms with Crippen LogP contribution in [0.1, 0.15) is 11.1 Å². The molecule has 0 aliphatic heterocycles. The summed E-state index contributed by atoms with van der Waals surface area (Å²) in [6.45, 7) is 0.407. The van der Waals surface area contributed by atoms with Crippen molar-refractivity contribution in [2.45, 2.75) is 6.42 Å². The molecule has 0 saturated heterocycles. The molecule has 0 amide bonds. The lowest BCUT2D eigenvalue weighted by atomic mass is 9.98. The van der Waals surface area contributed by atoms with Gasteiger partial charge in [-0.25, -0.2) is 4.98 Å². The molecule has 1 heterocycles. The van der Waals surface area contributed by atoms with Crippen LogP contribution in [0.2, 0.25) is 0 Å². The minimum Gasteiger partial charge on any atom is -0.504 e. The van der Waals surface area contributed by atoms with Gasteiger partial charge in [0.05, 0.1) is 14.2 Å². The summed E-state index contributed by atoms with van der Waals surface area (Å²) in [5.41, 5.74) is 13.2. The summed E-state index contributed by atoms with van der Waals surface area (Å²) in [5, 5.41) is 13.8. The number of nitrogens with zero attached hydrogens (tertiary/aromatic N) is 2. The van der Waals surface area contributed by atoms with Gasteiger partial charge in [0, 0.05) is 29.0 Å². The van der Waals surface area contributed by atoms with Crippen LogP contribution in [0.5, 0.6) is 23.0 Å². The van der Waals surface area contributed by atoms with E-state index in [1.54, 1.807) is 25.4 Å². The van der Waals surface area contributed by atoms with Crippen molar-refractivity contribution < 1.29 is 24.1 Å². The van der Waals surface area contributed by atoms with E-state index in [9.17, 15) is 9.90 Å². The molecule has 0 spiro atoms. The molecular weight excluding hydrogens is 472 g/mol. The van der Waals surface area contributed by atoms with Crippen LogP contribution in [0.25, 0.3) is 21.5 Å². The van der Waals surface area contributed by atoms with E-state index in [1.807, 2.05) is 54.6 Å². The van der Waals surface area contributed by atoms with E-state index in [-0.39, 0.29) is 11.7 Å². The summed E-state index contributed by atoms with van der Waals surface area (Å²) in [7, 11) is 3.07. The second kappa shape index (κ2) is 11.1. The van der Waals surface area contributed by atoms with E-state index in [0.717, 1.165) is 32.7 Å². The number of carbonyl (C=O) groups excluding carboxylic acids is 1. The summed E-state index contributed by atoms with van der Waals surface area (Å²) < 4.78 is 15.3. The topological polar surface area (TPSA) is 143 Å². The Bertz CT molecular complexity index is 1570. The smallest absolute Gasteiger partial charge is 0.298 e. The third-order valence-corrected chi connectivity index (χ3v) is 5.81. The van der Waals surface area contributed by atoms with Gasteiger partial charge in [0.2, 0.25) is 5.95 Å². The Morgan fingerprint density at radius 2 is 1.54 bits per heavy atom. The van der Waals surface area contributed by atoms with Gasteiger partial charge in [0.25, 0.3) is 6.47 Å². The molecule has 5 N–H and O–H groups in total. The van der Waals surface area contributed by atoms with E-state index in [4.69, 9.17) is 25.7 Å². The van der Waals surface area contributed by atoms with Crippen molar-refractivity contribution >= 4 is 39.8 Å². The molecule has 37 heavy (non-hydrogen) atoms. The number of carbonyl (C=O) groups is 1. The number of phenolic OH excluding ortho intramolecular Hbond substituents is 1. The van der Waals surface area contributed by atoms with Crippen LogP contribution in [0.15, 0.2) is 72.9 Å². The first-order valence-electron chi connectivity index (χ1n) is 11.3. The largest absolute Gasteiger partial charge is 0.504 e. The van der Waals surface area contributed by atoms with Gasteiger partial charge in [-0.2, -0.15) is 4.98 Å². The van der Waals surface area contributed by atoms with Crippen LogP contribution in [0, 0.1) is 0 Å². The van der Waals surface area contributed by atoms with Crippen LogP contribution in [-0.2, 0) is 11.2 Å². The molecule has 0 radical (unpaired) electrons. The first kappa shape index (κ1) is 25.1. The number of fused-ring (bicyclic) bond motifs is 2. The SMILES string of the molecule is COc1cc(Cc2cnc(N)nc2N)c2ccccc2c1O.COc1ccc2ccccc2c1OC=O. The molecule has 9 heteroatoms. The van der Waals surface area contributed by atoms with E-state index < -0.39 is 0 Å². The molecule has 0 unspecified atom stereocenters. The van der Waals surface area contributed by atoms with Crippen molar-refractivity contribution in [3.05, 3.63) is 84.1 Å². The Morgan fingerprint density at radius 3 is 2.22 bits per heavy atom. The van der Waals surface area contributed by atoms with Gasteiger partial charge in [-0.15, -0.1) is 0 Å². The second-order valence-electron chi connectivity index (χ2n) is 7.98. The standard InChI is InChI=1S/C16H16N4O2.C12H10O3/c1-22-13-7-9(6-10-8-19-16(18)20-15(10)17)11-4-2-3-5-12(11)14(13)21;1-14-11-7-6-9-4-2-3-5-10(9)12(11)15-8-13/h2-5,7-8,21H,6H2,1H3,(H4,17,18,19,20);2-8H,1H3. The number of aromatic nitrogens is 2. The number of ether oxygens (including phenoxy) is 3. The van der Waals surface area contributed by atoms with Gasteiger partial charge in [-0.1, -0.05) is 54.6 Å². The quantitative estimate of drug-likeness (QED) is 0.289. The van der Waals surface area contributed by atoms with Gasteiger partial charge in [0.1, 0.15) is 5.82 Å².